The minimum Gasteiger partial charge on any atom is -0.383 e. The standard InChI is InChI=1S/C49H107N23O5/c1-77-37-36-72(34-14-32-70(28-10-24-62-42(73)38(50)16-2-6-20-66-46(54)55)29-11-25-63-43(74)39(51)17-3-7-21-67-47(56)57)35-15-33-71(30-12-26-64-44(75)40(52)18-4-8-22-68-48(58)59)31-13-27-65-45(76)41(53)19-5-9-23-69-49(60)61/h38-41H,2-37,50-53H2,1H3,(H,62,73)(H,63,74)(H,64,75)(H,65,76)(H4,54,55,66)(H4,56,57,67)(H4,58,59,68)(H4,60,61,69)/t38-,39-,40-,41-/m0/s1. The Labute approximate surface area is 459 Å². The molecule has 0 aromatic rings. The molecule has 0 bridgehead atoms. The van der Waals surface area contributed by atoms with E-state index in [1.807, 2.05) is 0 Å². The van der Waals surface area contributed by atoms with Gasteiger partial charge in [-0.3, -0.25) is 39.1 Å². The SMILES string of the molecule is COCCN(CCCN(CCCNC(=O)[C@@H](N)CCCCN=C(N)N)CCCNC(=O)[C@@H](N)CCCCN=C(N)N)CCCN(CCCNC(=O)[C@@H](N)CCCCN=C(N)N)CCCNC(=O)[C@@H](N)CCCCN=C(N)N. The van der Waals surface area contributed by atoms with Gasteiger partial charge in [-0.1, -0.05) is 0 Å². The molecule has 4 atom stereocenters. The van der Waals surface area contributed by atoms with E-state index in [1.54, 1.807) is 7.11 Å². The summed E-state index contributed by atoms with van der Waals surface area (Å²) in [5.74, 6) is -0.576. The zero-order valence-corrected chi connectivity index (χ0v) is 46.9. The molecule has 0 aliphatic heterocycles. The highest BCUT2D eigenvalue weighted by molar-refractivity contribution is 5.82. The molecule has 4 amide bonds. The van der Waals surface area contributed by atoms with Crippen LogP contribution in [-0.4, -0.2) is 211 Å². The quantitative estimate of drug-likeness (QED) is 0.0155. The Morgan fingerprint density at radius 3 is 0.792 bits per heavy atom. The van der Waals surface area contributed by atoms with E-state index in [2.05, 4.69) is 55.9 Å². The van der Waals surface area contributed by atoms with Gasteiger partial charge in [0, 0.05) is 66.0 Å². The van der Waals surface area contributed by atoms with E-state index in [1.165, 1.54) is 0 Å². The van der Waals surface area contributed by atoms with Crippen LogP contribution in [0.3, 0.4) is 0 Å². The molecule has 28 N–H and O–H groups in total. The van der Waals surface area contributed by atoms with Gasteiger partial charge in [-0.2, -0.15) is 0 Å². The first kappa shape index (κ1) is 71.6. The molecular formula is C49H107N23O5. The smallest absolute Gasteiger partial charge is 0.236 e. The van der Waals surface area contributed by atoms with Crippen molar-refractivity contribution < 1.29 is 23.9 Å². The summed E-state index contributed by atoms with van der Waals surface area (Å²) >= 11 is 0. The van der Waals surface area contributed by atoms with Gasteiger partial charge in [0.25, 0.3) is 0 Å². The fourth-order valence-corrected chi connectivity index (χ4v) is 8.11. The average molecular weight is 1100 g/mol. The zero-order valence-electron chi connectivity index (χ0n) is 46.9. The van der Waals surface area contributed by atoms with Crippen molar-refractivity contribution in [1.29, 1.82) is 0 Å². The normalized spacial score (nSPS) is 12.8. The number of unbranched alkanes of at least 4 members (excludes halogenated alkanes) is 4. The Kier molecular flexibility index (Phi) is 44.5. The van der Waals surface area contributed by atoms with Crippen LogP contribution >= 0.6 is 0 Å². The first-order chi connectivity index (χ1) is 36.9. The number of aliphatic imine (C=N–C) groups is 4. The maximum Gasteiger partial charge on any atom is 0.236 e. The predicted octanol–water partition coefficient (Wildman–Crippen LogP) is -4.57. The summed E-state index contributed by atoms with van der Waals surface area (Å²) < 4.78 is 5.50. The van der Waals surface area contributed by atoms with Gasteiger partial charge in [0.05, 0.1) is 30.8 Å². The summed E-state index contributed by atoms with van der Waals surface area (Å²) in [6, 6.07) is -2.47. The van der Waals surface area contributed by atoms with Crippen LogP contribution in [0.1, 0.15) is 116 Å². The highest BCUT2D eigenvalue weighted by Crippen LogP contribution is 2.06. The molecule has 0 aliphatic carbocycles. The lowest BCUT2D eigenvalue weighted by atomic mass is 10.1. The van der Waals surface area contributed by atoms with Crippen molar-refractivity contribution in [3.8, 4) is 0 Å². The summed E-state index contributed by atoms with van der Waals surface area (Å²) in [6.07, 6.45) is 12.6. The van der Waals surface area contributed by atoms with Crippen LogP contribution in [0.2, 0.25) is 0 Å². The summed E-state index contributed by atoms with van der Waals surface area (Å²) in [7, 11) is 1.70. The molecule has 0 radical (unpaired) electrons. The Morgan fingerprint density at radius 1 is 0.351 bits per heavy atom. The molecule has 0 heterocycles. The molecule has 0 aliphatic rings. The topological polar surface area (TPSA) is 497 Å². The van der Waals surface area contributed by atoms with E-state index in [-0.39, 0.29) is 47.5 Å². The Balaban J connectivity index is 5.57. The molecule has 0 saturated heterocycles. The van der Waals surface area contributed by atoms with E-state index >= 15 is 0 Å². The molecule has 28 nitrogen and oxygen atoms in total. The van der Waals surface area contributed by atoms with Crippen LogP contribution in [0.5, 0.6) is 0 Å². The fraction of sp³-hybridized carbons (Fsp3) is 0.837. The highest BCUT2D eigenvalue weighted by atomic mass is 16.5. The lowest BCUT2D eigenvalue weighted by Crippen LogP contribution is -2.42. The fourth-order valence-electron chi connectivity index (χ4n) is 8.11. The minimum absolute atomic E-state index is 0.0430. The lowest BCUT2D eigenvalue weighted by molar-refractivity contribution is -0.123. The predicted molar refractivity (Wildman–Crippen MR) is 311 cm³/mol. The van der Waals surface area contributed by atoms with Crippen LogP contribution in [-0.2, 0) is 23.9 Å². The number of hydrogen-bond donors (Lipinski definition) is 16. The number of rotatable bonds is 51. The van der Waals surface area contributed by atoms with Crippen molar-refractivity contribution in [2.75, 3.05) is 125 Å². The van der Waals surface area contributed by atoms with Crippen molar-refractivity contribution in [3.63, 3.8) is 0 Å². The largest absolute Gasteiger partial charge is 0.383 e. The number of hydrogen-bond acceptors (Lipinski definition) is 16. The number of methoxy groups -OCH3 is 1. The van der Waals surface area contributed by atoms with Crippen LogP contribution in [0.25, 0.3) is 0 Å². The van der Waals surface area contributed by atoms with E-state index in [4.69, 9.17) is 73.5 Å². The monoisotopic (exact) mass is 1100 g/mol. The van der Waals surface area contributed by atoms with Crippen LogP contribution in [0.4, 0.5) is 0 Å². The number of nitrogens with two attached hydrogens (primary N) is 12. The summed E-state index contributed by atoms with van der Waals surface area (Å²) in [5, 5.41) is 11.9. The molecule has 0 aromatic carbocycles. The van der Waals surface area contributed by atoms with Crippen molar-refractivity contribution in [2.24, 2.45) is 88.8 Å². The molecule has 0 unspecified atom stereocenters. The molecule has 28 heteroatoms. The van der Waals surface area contributed by atoms with Gasteiger partial charge >= 0.3 is 0 Å². The van der Waals surface area contributed by atoms with Gasteiger partial charge in [-0.25, -0.2) is 0 Å². The van der Waals surface area contributed by atoms with Crippen molar-refractivity contribution >= 4 is 47.5 Å². The van der Waals surface area contributed by atoms with E-state index in [0.29, 0.717) is 84.6 Å². The Morgan fingerprint density at radius 2 is 0.571 bits per heavy atom. The Bertz CT molecular complexity index is 1440. The molecule has 0 fully saturated rings. The van der Waals surface area contributed by atoms with Crippen molar-refractivity contribution in [2.45, 2.75) is 140 Å². The van der Waals surface area contributed by atoms with Gasteiger partial charge in [0.2, 0.25) is 23.6 Å². The molecule has 0 aromatic heterocycles. The van der Waals surface area contributed by atoms with Crippen molar-refractivity contribution in [1.82, 2.24) is 36.0 Å². The summed E-state index contributed by atoms with van der Waals surface area (Å²) in [4.78, 5) is 74.1. The molecule has 0 rings (SSSR count). The van der Waals surface area contributed by atoms with Gasteiger partial charge < -0.3 is 110 Å². The number of ether oxygens (including phenoxy) is 1. The molecule has 0 spiro atoms. The van der Waals surface area contributed by atoms with Crippen LogP contribution in [0.15, 0.2) is 20.0 Å². The second-order valence-corrected chi connectivity index (χ2v) is 19.4. The van der Waals surface area contributed by atoms with Gasteiger partial charge in [0.15, 0.2) is 23.8 Å². The molecular weight excluding hydrogens is 991 g/mol. The Hall–Kier alpha value is -5.36. The average Bonchev–Trinajstić information content (AvgIpc) is 3.38. The third-order valence-electron chi connectivity index (χ3n) is 12.5. The number of carbonyl (C=O) groups excluding carboxylic acids is 4. The summed E-state index contributed by atoms with van der Waals surface area (Å²) in [5.41, 5.74) is 67.8. The van der Waals surface area contributed by atoms with E-state index < -0.39 is 24.2 Å². The second-order valence-electron chi connectivity index (χ2n) is 19.4. The number of guanidine groups is 4. The number of nitrogens with zero attached hydrogens (tertiary/aromatic N) is 7. The molecule has 448 valence electrons. The second kappa shape index (κ2) is 47.8. The van der Waals surface area contributed by atoms with E-state index in [9.17, 15) is 19.2 Å². The number of carbonyl (C=O) groups is 4. The minimum atomic E-state index is -0.617. The number of amides is 4. The van der Waals surface area contributed by atoms with Crippen LogP contribution < -0.4 is 90.1 Å². The summed E-state index contributed by atoms with van der Waals surface area (Å²) in [6.45, 7) is 11.5. The van der Waals surface area contributed by atoms with Gasteiger partial charge in [-0.05, 0) is 168 Å². The van der Waals surface area contributed by atoms with Crippen LogP contribution in [0, 0.1) is 0 Å². The van der Waals surface area contributed by atoms with E-state index in [0.717, 1.165) is 149 Å². The van der Waals surface area contributed by atoms with Gasteiger partial charge in [-0.15, -0.1) is 0 Å². The number of nitrogens with one attached hydrogen (secondary N) is 4. The first-order valence-corrected chi connectivity index (χ1v) is 27.9. The third kappa shape index (κ3) is 44.3. The lowest BCUT2D eigenvalue weighted by Gasteiger charge is -2.28. The molecule has 77 heavy (non-hydrogen) atoms. The zero-order chi connectivity index (χ0) is 57.5. The first-order valence-electron chi connectivity index (χ1n) is 27.9. The maximum atomic E-state index is 12.8. The molecule has 0 saturated carbocycles. The highest BCUT2D eigenvalue weighted by Gasteiger charge is 2.18. The van der Waals surface area contributed by atoms with Gasteiger partial charge in [0.1, 0.15) is 0 Å². The van der Waals surface area contributed by atoms with Crippen molar-refractivity contribution in [3.05, 3.63) is 0 Å². The maximum absolute atomic E-state index is 12.8. The third-order valence-corrected chi connectivity index (χ3v) is 12.5.